The standard InChI is InChI=1S/C9H19N/c1-9(2,3)5-8-10-6-4-7-10/h4-8H2,1-3H3. The second-order valence-electron chi connectivity index (χ2n) is 4.51. The maximum absolute atomic E-state index is 2.53. The first-order valence-electron chi connectivity index (χ1n) is 4.30. The molecule has 0 aromatic rings. The van der Waals surface area contributed by atoms with Crippen molar-refractivity contribution in [1.29, 1.82) is 0 Å². The molecule has 0 aromatic carbocycles. The summed E-state index contributed by atoms with van der Waals surface area (Å²) in [6.07, 6.45) is 2.76. The van der Waals surface area contributed by atoms with E-state index in [2.05, 4.69) is 25.7 Å². The molecule has 1 aliphatic heterocycles. The quantitative estimate of drug-likeness (QED) is 0.569. The van der Waals surface area contributed by atoms with E-state index in [-0.39, 0.29) is 0 Å². The zero-order chi connectivity index (χ0) is 7.61. The molecule has 0 aliphatic carbocycles. The van der Waals surface area contributed by atoms with E-state index in [1.165, 1.54) is 32.5 Å². The summed E-state index contributed by atoms with van der Waals surface area (Å²) >= 11 is 0. The number of hydrogen-bond donors (Lipinski definition) is 0. The molecule has 1 saturated heterocycles. The topological polar surface area (TPSA) is 3.24 Å². The summed E-state index contributed by atoms with van der Waals surface area (Å²) < 4.78 is 0. The summed E-state index contributed by atoms with van der Waals surface area (Å²) in [5.74, 6) is 0. The molecule has 1 rings (SSSR count). The highest BCUT2D eigenvalue weighted by atomic mass is 15.2. The van der Waals surface area contributed by atoms with Crippen molar-refractivity contribution < 1.29 is 0 Å². The zero-order valence-electron chi connectivity index (χ0n) is 7.48. The van der Waals surface area contributed by atoms with Crippen LogP contribution in [0, 0.1) is 5.41 Å². The monoisotopic (exact) mass is 141 g/mol. The first kappa shape index (κ1) is 8.06. The molecule has 60 valence electrons. The minimum Gasteiger partial charge on any atom is -0.303 e. The third-order valence-electron chi connectivity index (χ3n) is 2.13. The van der Waals surface area contributed by atoms with Crippen LogP contribution in [-0.2, 0) is 0 Å². The molecule has 0 aromatic heterocycles. The smallest absolute Gasteiger partial charge is 0.000653 e. The van der Waals surface area contributed by atoms with Crippen LogP contribution in [0.15, 0.2) is 0 Å². The first-order chi connectivity index (χ1) is 4.58. The summed E-state index contributed by atoms with van der Waals surface area (Å²) in [6.45, 7) is 10.9. The van der Waals surface area contributed by atoms with Gasteiger partial charge in [0.25, 0.3) is 0 Å². The Bertz CT molecular complexity index is 97.8. The Kier molecular flexibility index (Phi) is 2.35. The van der Waals surface area contributed by atoms with Gasteiger partial charge in [0.2, 0.25) is 0 Å². The highest BCUT2D eigenvalue weighted by molar-refractivity contribution is 4.71. The van der Waals surface area contributed by atoms with Crippen LogP contribution in [0.1, 0.15) is 33.6 Å². The van der Waals surface area contributed by atoms with Gasteiger partial charge in [-0.15, -0.1) is 0 Å². The molecule has 0 saturated carbocycles. The summed E-state index contributed by atoms with van der Waals surface area (Å²) in [4.78, 5) is 2.53. The predicted molar refractivity (Wildman–Crippen MR) is 45.1 cm³/mol. The van der Waals surface area contributed by atoms with Crippen molar-refractivity contribution in [2.45, 2.75) is 33.6 Å². The van der Waals surface area contributed by atoms with Crippen LogP contribution >= 0.6 is 0 Å². The Morgan fingerprint density at radius 2 is 1.80 bits per heavy atom. The molecule has 10 heavy (non-hydrogen) atoms. The lowest BCUT2D eigenvalue weighted by atomic mass is 9.91. The molecule has 0 radical (unpaired) electrons. The number of rotatable bonds is 2. The fourth-order valence-electron chi connectivity index (χ4n) is 1.10. The fourth-order valence-corrected chi connectivity index (χ4v) is 1.10. The second-order valence-corrected chi connectivity index (χ2v) is 4.51. The Labute approximate surface area is 64.4 Å². The van der Waals surface area contributed by atoms with E-state index in [9.17, 15) is 0 Å². The molecule has 0 N–H and O–H groups in total. The normalized spacial score (nSPS) is 20.7. The van der Waals surface area contributed by atoms with Crippen LogP contribution < -0.4 is 0 Å². The van der Waals surface area contributed by atoms with E-state index >= 15 is 0 Å². The van der Waals surface area contributed by atoms with Gasteiger partial charge in [-0.05, 0) is 37.9 Å². The van der Waals surface area contributed by atoms with Gasteiger partial charge in [-0.3, -0.25) is 0 Å². The predicted octanol–water partition coefficient (Wildman–Crippen LogP) is 2.13. The van der Waals surface area contributed by atoms with Gasteiger partial charge in [-0.25, -0.2) is 0 Å². The van der Waals surface area contributed by atoms with Crippen LogP contribution in [0.25, 0.3) is 0 Å². The first-order valence-corrected chi connectivity index (χ1v) is 4.30. The molecule has 0 amide bonds. The summed E-state index contributed by atoms with van der Waals surface area (Å²) in [5.41, 5.74) is 0.523. The maximum Gasteiger partial charge on any atom is -0.000653 e. The average molecular weight is 141 g/mol. The third-order valence-corrected chi connectivity index (χ3v) is 2.13. The van der Waals surface area contributed by atoms with E-state index in [4.69, 9.17) is 0 Å². The second kappa shape index (κ2) is 2.91. The Balaban J connectivity index is 2.04. The molecule has 0 spiro atoms. The SMILES string of the molecule is CC(C)(C)CCN1CCC1. The fraction of sp³-hybridized carbons (Fsp3) is 1.00. The van der Waals surface area contributed by atoms with Gasteiger partial charge in [0.1, 0.15) is 0 Å². The highest BCUT2D eigenvalue weighted by Crippen LogP contribution is 2.20. The van der Waals surface area contributed by atoms with E-state index < -0.39 is 0 Å². The maximum atomic E-state index is 2.53. The van der Waals surface area contributed by atoms with E-state index in [1.54, 1.807) is 0 Å². The lowest BCUT2D eigenvalue weighted by Crippen LogP contribution is -2.38. The van der Waals surface area contributed by atoms with Crippen LogP contribution in [0.2, 0.25) is 0 Å². The molecular formula is C9H19N. The van der Waals surface area contributed by atoms with Gasteiger partial charge < -0.3 is 4.90 Å². The van der Waals surface area contributed by atoms with Crippen molar-refractivity contribution in [2.75, 3.05) is 19.6 Å². The lowest BCUT2D eigenvalue weighted by Gasteiger charge is -2.33. The molecule has 1 heteroatoms. The average Bonchev–Trinajstić information content (AvgIpc) is 1.56. The largest absolute Gasteiger partial charge is 0.303 e. The van der Waals surface area contributed by atoms with Crippen LogP contribution in [-0.4, -0.2) is 24.5 Å². The summed E-state index contributed by atoms with van der Waals surface area (Å²) in [7, 11) is 0. The van der Waals surface area contributed by atoms with Crippen LogP contribution in [0.5, 0.6) is 0 Å². The van der Waals surface area contributed by atoms with Gasteiger partial charge >= 0.3 is 0 Å². The van der Waals surface area contributed by atoms with E-state index in [0.29, 0.717) is 5.41 Å². The van der Waals surface area contributed by atoms with Crippen molar-refractivity contribution in [3.8, 4) is 0 Å². The summed E-state index contributed by atoms with van der Waals surface area (Å²) in [6, 6.07) is 0. The molecule has 1 heterocycles. The van der Waals surface area contributed by atoms with Crippen LogP contribution in [0.3, 0.4) is 0 Å². The Morgan fingerprint density at radius 3 is 2.10 bits per heavy atom. The van der Waals surface area contributed by atoms with Gasteiger partial charge in [0.15, 0.2) is 0 Å². The van der Waals surface area contributed by atoms with E-state index in [0.717, 1.165) is 0 Å². The molecule has 1 fully saturated rings. The highest BCUT2D eigenvalue weighted by Gasteiger charge is 2.16. The van der Waals surface area contributed by atoms with Crippen molar-refractivity contribution in [3.05, 3.63) is 0 Å². The molecule has 0 bridgehead atoms. The Hall–Kier alpha value is -0.0400. The van der Waals surface area contributed by atoms with E-state index in [1.807, 2.05) is 0 Å². The number of likely N-dealkylation sites (tertiary alicyclic amines) is 1. The van der Waals surface area contributed by atoms with Gasteiger partial charge in [0, 0.05) is 0 Å². The minimum atomic E-state index is 0.523. The minimum absolute atomic E-state index is 0.523. The third kappa shape index (κ3) is 2.70. The van der Waals surface area contributed by atoms with Gasteiger partial charge in [-0.1, -0.05) is 20.8 Å². The van der Waals surface area contributed by atoms with Crippen molar-refractivity contribution in [1.82, 2.24) is 4.90 Å². The van der Waals surface area contributed by atoms with Gasteiger partial charge in [0.05, 0.1) is 0 Å². The lowest BCUT2D eigenvalue weighted by molar-refractivity contribution is 0.156. The van der Waals surface area contributed by atoms with Crippen molar-refractivity contribution in [2.24, 2.45) is 5.41 Å². The molecule has 1 aliphatic rings. The molecular weight excluding hydrogens is 122 g/mol. The number of nitrogens with zero attached hydrogens (tertiary/aromatic N) is 1. The molecule has 0 unspecified atom stereocenters. The summed E-state index contributed by atoms with van der Waals surface area (Å²) in [5, 5.41) is 0. The van der Waals surface area contributed by atoms with Gasteiger partial charge in [-0.2, -0.15) is 0 Å². The molecule has 1 nitrogen and oxygen atoms in total. The number of hydrogen-bond acceptors (Lipinski definition) is 1. The zero-order valence-corrected chi connectivity index (χ0v) is 7.48. The Morgan fingerprint density at radius 1 is 1.20 bits per heavy atom. The van der Waals surface area contributed by atoms with Crippen LogP contribution in [0.4, 0.5) is 0 Å². The van der Waals surface area contributed by atoms with Crippen molar-refractivity contribution >= 4 is 0 Å². The molecule has 0 atom stereocenters. The van der Waals surface area contributed by atoms with Crippen molar-refractivity contribution in [3.63, 3.8) is 0 Å².